The largest absolute Gasteiger partial charge is 0.383 e. The second kappa shape index (κ2) is 7.17. The van der Waals surface area contributed by atoms with Crippen molar-refractivity contribution in [2.24, 2.45) is 0 Å². The van der Waals surface area contributed by atoms with Crippen molar-refractivity contribution in [1.29, 1.82) is 0 Å². The van der Waals surface area contributed by atoms with E-state index in [1.807, 2.05) is 0 Å². The van der Waals surface area contributed by atoms with Crippen LogP contribution in [0.2, 0.25) is 0 Å². The van der Waals surface area contributed by atoms with Crippen molar-refractivity contribution in [3.8, 4) is 0 Å². The molecule has 0 amide bonds. The third-order valence-electron chi connectivity index (χ3n) is 3.69. The van der Waals surface area contributed by atoms with Gasteiger partial charge in [-0.1, -0.05) is 6.07 Å². The molecule has 2 aromatic rings. The Morgan fingerprint density at radius 3 is 2.77 bits per heavy atom. The van der Waals surface area contributed by atoms with Crippen LogP contribution in [0.15, 0.2) is 30.5 Å². The highest BCUT2D eigenvalue weighted by Crippen LogP contribution is 2.18. The summed E-state index contributed by atoms with van der Waals surface area (Å²) in [5.41, 5.74) is 7.51. The molecule has 0 radical (unpaired) electrons. The number of halogens is 1. The first kappa shape index (κ1) is 16.2. The van der Waals surface area contributed by atoms with Crippen LogP contribution < -0.4 is 11.1 Å². The van der Waals surface area contributed by atoms with Crippen LogP contribution in [0, 0.1) is 5.82 Å². The molecule has 2 rings (SSSR count). The van der Waals surface area contributed by atoms with Gasteiger partial charge in [0.15, 0.2) is 0 Å². The molecule has 0 aliphatic carbocycles. The van der Waals surface area contributed by atoms with Crippen molar-refractivity contribution in [3.63, 3.8) is 0 Å². The maximum Gasteiger partial charge on any atom is 0.229 e. The van der Waals surface area contributed by atoms with E-state index in [-0.39, 0.29) is 5.82 Å². The Balaban J connectivity index is 2.03. The normalized spacial score (nSPS) is 12.4. The SMILES string of the molecule is CC(CCc1cnc(Nc2cccc(F)c2)nc1N)N(C)C. The molecule has 0 spiro atoms. The van der Waals surface area contributed by atoms with Gasteiger partial charge in [0.1, 0.15) is 11.6 Å². The number of hydrogen-bond donors (Lipinski definition) is 2. The maximum atomic E-state index is 13.1. The minimum Gasteiger partial charge on any atom is -0.383 e. The highest BCUT2D eigenvalue weighted by molar-refractivity contribution is 5.55. The van der Waals surface area contributed by atoms with E-state index in [0.717, 1.165) is 18.4 Å². The van der Waals surface area contributed by atoms with Crippen LogP contribution in [0.4, 0.5) is 21.8 Å². The van der Waals surface area contributed by atoms with E-state index in [2.05, 4.69) is 41.2 Å². The molecule has 1 heterocycles. The van der Waals surface area contributed by atoms with Crippen molar-refractivity contribution >= 4 is 17.5 Å². The zero-order chi connectivity index (χ0) is 16.1. The summed E-state index contributed by atoms with van der Waals surface area (Å²) < 4.78 is 13.1. The van der Waals surface area contributed by atoms with Crippen LogP contribution in [0.5, 0.6) is 0 Å². The van der Waals surface area contributed by atoms with Gasteiger partial charge in [0.25, 0.3) is 0 Å². The fourth-order valence-electron chi connectivity index (χ4n) is 1.99. The van der Waals surface area contributed by atoms with Gasteiger partial charge in [-0.15, -0.1) is 0 Å². The molecule has 0 fully saturated rings. The average molecular weight is 303 g/mol. The predicted octanol–water partition coefficient (Wildman–Crippen LogP) is 2.82. The molecule has 1 unspecified atom stereocenters. The van der Waals surface area contributed by atoms with Gasteiger partial charge in [0.2, 0.25) is 5.95 Å². The number of anilines is 3. The van der Waals surface area contributed by atoms with Gasteiger partial charge < -0.3 is 16.0 Å². The first-order valence-corrected chi connectivity index (χ1v) is 7.26. The lowest BCUT2D eigenvalue weighted by atomic mass is 10.1. The van der Waals surface area contributed by atoms with Crippen LogP contribution in [0.3, 0.4) is 0 Å². The lowest BCUT2D eigenvalue weighted by molar-refractivity contribution is 0.299. The molecule has 118 valence electrons. The minimum absolute atomic E-state index is 0.313. The molecule has 0 bridgehead atoms. The Morgan fingerprint density at radius 2 is 2.14 bits per heavy atom. The van der Waals surface area contributed by atoms with E-state index in [9.17, 15) is 4.39 Å². The summed E-state index contributed by atoms with van der Waals surface area (Å²) >= 11 is 0. The van der Waals surface area contributed by atoms with E-state index >= 15 is 0 Å². The number of aryl methyl sites for hydroxylation is 1. The average Bonchev–Trinajstić information content (AvgIpc) is 2.46. The van der Waals surface area contributed by atoms with Gasteiger partial charge in [-0.2, -0.15) is 4.98 Å². The predicted molar refractivity (Wildman–Crippen MR) is 87.6 cm³/mol. The third kappa shape index (κ3) is 4.39. The fourth-order valence-corrected chi connectivity index (χ4v) is 1.99. The van der Waals surface area contributed by atoms with E-state index in [4.69, 9.17) is 5.73 Å². The number of nitrogens with one attached hydrogen (secondary N) is 1. The van der Waals surface area contributed by atoms with Crippen LogP contribution in [0.1, 0.15) is 18.9 Å². The fraction of sp³-hybridized carbons (Fsp3) is 0.375. The zero-order valence-corrected chi connectivity index (χ0v) is 13.2. The summed E-state index contributed by atoms with van der Waals surface area (Å²) in [6, 6.07) is 6.60. The summed E-state index contributed by atoms with van der Waals surface area (Å²) in [5.74, 6) is 0.514. The van der Waals surface area contributed by atoms with E-state index < -0.39 is 0 Å². The third-order valence-corrected chi connectivity index (χ3v) is 3.69. The lowest BCUT2D eigenvalue weighted by Gasteiger charge is -2.19. The van der Waals surface area contributed by atoms with Gasteiger partial charge in [-0.05, 0) is 52.1 Å². The Bertz CT molecular complexity index is 630. The second-order valence-corrected chi connectivity index (χ2v) is 5.59. The molecule has 0 saturated carbocycles. The summed E-state index contributed by atoms with van der Waals surface area (Å²) in [4.78, 5) is 10.7. The van der Waals surface area contributed by atoms with Crippen molar-refractivity contribution in [1.82, 2.24) is 14.9 Å². The molecule has 22 heavy (non-hydrogen) atoms. The minimum atomic E-state index is -0.313. The van der Waals surface area contributed by atoms with Crippen molar-refractivity contribution in [2.45, 2.75) is 25.8 Å². The van der Waals surface area contributed by atoms with Crippen molar-refractivity contribution < 1.29 is 4.39 Å². The number of rotatable bonds is 6. The molecule has 0 saturated heterocycles. The Labute approximate surface area is 130 Å². The van der Waals surface area contributed by atoms with Gasteiger partial charge in [-0.25, -0.2) is 9.37 Å². The highest BCUT2D eigenvalue weighted by atomic mass is 19.1. The standard InChI is InChI=1S/C16H22FN5/c1-11(22(2)3)7-8-12-10-19-16(21-15(12)18)20-14-6-4-5-13(17)9-14/h4-6,9-11H,7-8H2,1-3H3,(H3,18,19,20,21). The summed E-state index contributed by atoms with van der Waals surface area (Å²) in [6.45, 7) is 2.16. The van der Waals surface area contributed by atoms with Crippen LogP contribution in [-0.4, -0.2) is 35.0 Å². The van der Waals surface area contributed by atoms with Crippen LogP contribution in [-0.2, 0) is 6.42 Å². The first-order chi connectivity index (χ1) is 10.5. The Morgan fingerprint density at radius 1 is 1.36 bits per heavy atom. The number of hydrogen-bond acceptors (Lipinski definition) is 5. The second-order valence-electron chi connectivity index (χ2n) is 5.59. The topological polar surface area (TPSA) is 67.1 Å². The molecule has 1 atom stereocenters. The number of aromatic nitrogens is 2. The summed E-state index contributed by atoms with van der Waals surface area (Å²) in [7, 11) is 4.10. The highest BCUT2D eigenvalue weighted by Gasteiger charge is 2.09. The monoisotopic (exact) mass is 303 g/mol. The van der Waals surface area contributed by atoms with Crippen molar-refractivity contribution in [2.75, 3.05) is 25.1 Å². The number of benzene rings is 1. The molecule has 0 aliphatic heterocycles. The van der Waals surface area contributed by atoms with E-state index in [0.29, 0.717) is 23.5 Å². The quantitative estimate of drug-likeness (QED) is 0.859. The molecule has 1 aromatic heterocycles. The molecular weight excluding hydrogens is 281 g/mol. The van der Waals surface area contributed by atoms with Gasteiger partial charge in [-0.3, -0.25) is 0 Å². The molecule has 3 N–H and O–H groups in total. The molecule has 1 aromatic carbocycles. The Hall–Kier alpha value is -2.21. The van der Waals surface area contributed by atoms with Crippen LogP contribution >= 0.6 is 0 Å². The van der Waals surface area contributed by atoms with E-state index in [1.54, 1.807) is 18.3 Å². The maximum absolute atomic E-state index is 13.1. The number of nitrogen functional groups attached to an aromatic ring is 1. The van der Waals surface area contributed by atoms with E-state index in [1.165, 1.54) is 12.1 Å². The molecule has 0 aliphatic rings. The number of nitrogens with two attached hydrogens (primary N) is 1. The Kier molecular flexibility index (Phi) is 5.27. The summed E-state index contributed by atoms with van der Waals surface area (Å²) in [5, 5.41) is 2.95. The molecular formula is C16H22FN5. The number of nitrogens with zero attached hydrogens (tertiary/aromatic N) is 3. The van der Waals surface area contributed by atoms with Gasteiger partial charge >= 0.3 is 0 Å². The molecule has 5 nitrogen and oxygen atoms in total. The van der Waals surface area contributed by atoms with Gasteiger partial charge in [0, 0.05) is 23.5 Å². The van der Waals surface area contributed by atoms with Gasteiger partial charge in [0.05, 0.1) is 0 Å². The molecule has 6 heteroatoms. The first-order valence-electron chi connectivity index (χ1n) is 7.26. The van der Waals surface area contributed by atoms with Crippen LogP contribution in [0.25, 0.3) is 0 Å². The summed E-state index contributed by atoms with van der Waals surface area (Å²) in [6.07, 6.45) is 3.54. The smallest absolute Gasteiger partial charge is 0.229 e. The zero-order valence-electron chi connectivity index (χ0n) is 13.2. The van der Waals surface area contributed by atoms with Crippen molar-refractivity contribution in [3.05, 3.63) is 41.8 Å². The lowest BCUT2D eigenvalue weighted by Crippen LogP contribution is -2.25.